The van der Waals surface area contributed by atoms with Crippen LogP contribution in [0.25, 0.3) is 11.3 Å². The minimum atomic E-state index is -1.88. The third kappa shape index (κ3) is 4.43. The number of hydrogen-bond acceptors (Lipinski definition) is 3. The molecule has 2 aliphatic rings. The first-order valence-electron chi connectivity index (χ1n) is 10.2. The second-order valence-corrected chi connectivity index (χ2v) is 8.86. The SMILES string of the molecule is C[C@@H]1Cc2cc(F)c(S(N)=O)cc2N1C=O.c1ccc(-c2ccc3c(c2)CCC3)nc1. The van der Waals surface area contributed by atoms with E-state index in [1.807, 2.05) is 25.3 Å². The van der Waals surface area contributed by atoms with Crippen LogP contribution in [-0.4, -0.2) is 21.6 Å². The second kappa shape index (κ2) is 9.08. The Hall–Kier alpha value is -2.90. The van der Waals surface area contributed by atoms with Gasteiger partial charge in [0.1, 0.15) is 16.8 Å². The molecule has 0 saturated heterocycles. The lowest BCUT2D eigenvalue weighted by Gasteiger charge is -2.16. The standard InChI is InChI=1S/C14H13N.C10H11FN2O2S/c1-2-9-15-14(6-1)13-8-7-11-4-3-5-12(11)10-13;1-6-2-7-3-8(11)10(16(12)15)4-9(7)13(6)5-14/h1-2,6-10H,3-5H2;3-6H,2,12H2,1H3/t;6-,16?/m.1/s1. The van der Waals surface area contributed by atoms with Crippen LogP contribution in [0.15, 0.2) is 59.6 Å². The molecular formula is C24H24FN3O2S. The fourth-order valence-corrected chi connectivity index (χ4v) is 4.70. The Kier molecular flexibility index (Phi) is 6.25. The summed E-state index contributed by atoms with van der Waals surface area (Å²) in [6.45, 7) is 1.87. The van der Waals surface area contributed by atoms with Crippen molar-refractivity contribution in [1.29, 1.82) is 0 Å². The number of pyridine rings is 1. The predicted molar refractivity (Wildman–Crippen MR) is 120 cm³/mol. The van der Waals surface area contributed by atoms with Gasteiger partial charge in [0.15, 0.2) is 0 Å². The molecule has 2 atom stereocenters. The van der Waals surface area contributed by atoms with E-state index in [0.29, 0.717) is 18.5 Å². The van der Waals surface area contributed by atoms with Crippen LogP contribution in [0, 0.1) is 5.82 Å². The average Bonchev–Trinajstić information content (AvgIpc) is 3.36. The summed E-state index contributed by atoms with van der Waals surface area (Å²) in [6, 6.07) is 15.5. The zero-order valence-electron chi connectivity index (χ0n) is 17.3. The molecule has 0 fully saturated rings. The third-order valence-corrected chi connectivity index (χ3v) is 6.54. The zero-order chi connectivity index (χ0) is 22.0. The molecule has 2 N–H and O–H groups in total. The van der Waals surface area contributed by atoms with Crippen molar-refractivity contribution >= 4 is 23.1 Å². The number of nitrogens with zero attached hydrogens (tertiary/aromatic N) is 2. The van der Waals surface area contributed by atoms with E-state index in [9.17, 15) is 13.4 Å². The van der Waals surface area contributed by atoms with E-state index in [-0.39, 0.29) is 10.9 Å². The quantitative estimate of drug-likeness (QED) is 0.631. The van der Waals surface area contributed by atoms with Gasteiger partial charge in [-0.25, -0.2) is 13.7 Å². The molecule has 1 amide bonds. The maximum absolute atomic E-state index is 13.5. The molecule has 0 radical (unpaired) electrons. The van der Waals surface area contributed by atoms with E-state index in [1.54, 1.807) is 0 Å². The normalized spacial score (nSPS) is 17.4. The van der Waals surface area contributed by atoms with E-state index >= 15 is 0 Å². The van der Waals surface area contributed by atoms with Gasteiger partial charge >= 0.3 is 0 Å². The molecule has 5 nitrogen and oxygen atoms in total. The molecule has 1 unspecified atom stereocenters. The topological polar surface area (TPSA) is 76.3 Å². The number of aromatic nitrogens is 1. The Bertz CT molecular complexity index is 1140. The maximum atomic E-state index is 13.5. The Morgan fingerprint density at radius 1 is 1.13 bits per heavy atom. The summed E-state index contributed by atoms with van der Waals surface area (Å²) < 4.78 is 24.6. The Balaban J connectivity index is 0.000000149. The van der Waals surface area contributed by atoms with E-state index < -0.39 is 16.8 Å². The first-order valence-corrected chi connectivity index (χ1v) is 11.4. The van der Waals surface area contributed by atoms with Gasteiger partial charge in [0.05, 0.1) is 10.6 Å². The van der Waals surface area contributed by atoms with Gasteiger partial charge in [-0.2, -0.15) is 0 Å². The Morgan fingerprint density at radius 2 is 1.94 bits per heavy atom. The van der Waals surface area contributed by atoms with Crippen molar-refractivity contribution in [3.63, 3.8) is 0 Å². The van der Waals surface area contributed by atoms with Gasteiger partial charge in [0, 0.05) is 23.5 Å². The fraction of sp³-hybridized carbons (Fsp3) is 0.250. The minimum Gasteiger partial charge on any atom is -0.312 e. The van der Waals surface area contributed by atoms with Gasteiger partial charge in [-0.05, 0) is 79.6 Å². The number of benzene rings is 2. The largest absolute Gasteiger partial charge is 0.312 e. The zero-order valence-corrected chi connectivity index (χ0v) is 18.1. The molecule has 3 aromatic rings. The fourth-order valence-electron chi connectivity index (χ4n) is 4.22. The van der Waals surface area contributed by atoms with Crippen LogP contribution in [0.1, 0.15) is 30.0 Å². The highest BCUT2D eigenvalue weighted by Gasteiger charge is 2.27. The lowest BCUT2D eigenvalue weighted by molar-refractivity contribution is -0.107. The number of fused-ring (bicyclic) bond motifs is 2. The van der Waals surface area contributed by atoms with Crippen molar-refractivity contribution in [2.45, 2.75) is 43.5 Å². The van der Waals surface area contributed by atoms with Crippen LogP contribution in [0.3, 0.4) is 0 Å². The monoisotopic (exact) mass is 437 g/mol. The summed E-state index contributed by atoms with van der Waals surface area (Å²) in [4.78, 5) is 16.7. The highest BCUT2D eigenvalue weighted by molar-refractivity contribution is 7.82. The molecule has 0 bridgehead atoms. The number of amides is 1. The lowest BCUT2D eigenvalue weighted by atomic mass is 10.0. The molecule has 7 heteroatoms. The summed E-state index contributed by atoms with van der Waals surface area (Å²) in [5, 5.41) is 5.16. The van der Waals surface area contributed by atoms with E-state index in [0.717, 1.165) is 11.3 Å². The maximum Gasteiger partial charge on any atom is 0.214 e. The number of carbonyl (C=O) groups is 1. The summed E-state index contributed by atoms with van der Waals surface area (Å²) in [5.41, 5.74) is 6.69. The third-order valence-electron chi connectivity index (χ3n) is 5.79. The molecule has 160 valence electrons. The number of aryl methyl sites for hydroxylation is 2. The van der Waals surface area contributed by atoms with Crippen molar-refractivity contribution in [3.05, 3.63) is 77.2 Å². The number of nitrogens with two attached hydrogens (primary N) is 1. The summed E-state index contributed by atoms with van der Waals surface area (Å²) in [5.74, 6) is -0.584. The Morgan fingerprint density at radius 3 is 2.65 bits per heavy atom. The second-order valence-electron chi connectivity index (χ2n) is 7.83. The molecule has 1 aliphatic carbocycles. The first kappa shape index (κ1) is 21.3. The molecule has 2 heterocycles. The highest BCUT2D eigenvalue weighted by Crippen LogP contribution is 2.33. The average molecular weight is 438 g/mol. The van der Waals surface area contributed by atoms with Crippen molar-refractivity contribution in [1.82, 2.24) is 4.98 Å². The molecule has 2 aromatic carbocycles. The van der Waals surface area contributed by atoms with E-state index in [4.69, 9.17) is 5.14 Å². The van der Waals surface area contributed by atoms with Crippen LogP contribution in [0.4, 0.5) is 10.1 Å². The molecule has 1 aliphatic heterocycles. The van der Waals surface area contributed by atoms with E-state index in [2.05, 4.69) is 29.2 Å². The summed E-state index contributed by atoms with van der Waals surface area (Å²) in [7, 11) is -1.88. The molecule has 31 heavy (non-hydrogen) atoms. The molecular weight excluding hydrogens is 413 g/mol. The van der Waals surface area contributed by atoms with Crippen molar-refractivity contribution in [3.8, 4) is 11.3 Å². The predicted octanol–water partition coefficient (Wildman–Crippen LogP) is 3.95. The minimum absolute atomic E-state index is 0.00615. The summed E-state index contributed by atoms with van der Waals surface area (Å²) >= 11 is 0. The van der Waals surface area contributed by atoms with Gasteiger partial charge in [-0.1, -0.05) is 18.2 Å². The molecule has 1 aromatic heterocycles. The summed E-state index contributed by atoms with van der Waals surface area (Å²) in [6.07, 6.45) is 6.93. The van der Waals surface area contributed by atoms with Crippen molar-refractivity contribution in [2.24, 2.45) is 5.14 Å². The van der Waals surface area contributed by atoms with Gasteiger partial charge in [-0.3, -0.25) is 9.78 Å². The number of hydrogen-bond donors (Lipinski definition) is 1. The number of halogens is 1. The smallest absolute Gasteiger partial charge is 0.214 e. The Labute approximate surface area is 183 Å². The van der Waals surface area contributed by atoms with Crippen molar-refractivity contribution in [2.75, 3.05) is 4.90 Å². The van der Waals surface area contributed by atoms with Crippen LogP contribution in [0.5, 0.6) is 0 Å². The van der Waals surface area contributed by atoms with Gasteiger partial charge < -0.3 is 4.90 Å². The number of rotatable bonds is 3. The van der Waals surface area contributed by atoms with Gasteiger partial charge in [0.25, 0.3) is 0 Å². The van der Waals surface area contributed by atoms with Crippen LogP contribution in [0.2, 0.25) is 0 Å². The lowest BCUT2D eigenvalue weighted by Crippen LogP contribution is -2.27. The van der Waals surface area contributed by atoms with Crippen molar-refractivity contribution < 1.29 is 13.4 Å². The molecule has 0 spiro atoms. The number of carbonyl (C=O) groups excluding carboxylic acids is 1. The van der Waals surface area contributed by atoms with E-state index in [1.165, 1.54) is 53.0 Å². The highest BCUT2D eigenvalue weighted by atomic mass is 32.2. The van der Waals surface area contributed by atoms with Crippen LogP contribution >= 0.6 is 0 Å². The van der Waals surface area contributed by atoms with Gasteiger partial charge in [-0.15, -0.1) is 0 Å². The van der Waals surface area contributed by atoms with Crippen LogP contribution in [-0.2, 0) is 35.0 Å². The molecule has 5 rings (SSSR count). The number of anilines is 1. The molecule has 0 saturated carbocycles. The first-order chi connectivity index (χ1) is 15.0. The van der Waals surface area contributed by atoms with Gasteiger partial charge in [0.2, 0.25) is 6.41 Å². The van der Waals surface area contributed by atoms with Crippen LogP contribution < -0.4 is 10.0 Å².